The molecule has 0 saturated heterocycles. The SMILES string of the molecule is Cc1cccc(Oc2nc(Cl)ncc2C)c1. The highest BCUT2D eigenvalue weighted by molar-refractivity contribution is 6.28. The van der Waals surface area contributed by atoms with E-state index in [4.69, 9.17) is 16.3 Å². The summed E-state index contributed by atoms with van der Waals surface area (Å²) in [5, 5.41) is 0.188. The fraction of sp³-hybridized carbons (Fsp3) is 0.167. The smallest absolute Gasteiger partial charge is 0.226 e. The van der Waals surface area contributed by atoms with Crippen LogP contribution in [0.15, 0.2) is 30.5 Å². The van der Waals surface area contributed by atoms with Crippen molar-refractivity contribution in [2.24, 2.45) is 0 Å². The molecule has 0 radical (unpaired) electrons. The normalized spacial score (nSPS) is 10.2. The van der Waals surface area contributed by atoms with Gasteiger partial charge in [-0.15, -0.1) is 0 Å². The van der Waals surface area contributed by atoms with Gasteiger partial charge in [-0.3, -0.25) is 0 Å². The van der Waals surface area contributed by atoms with E-state index in [0.29, 0.717) is 5.88 Å². The van der Waals surface area contributed by atoms with E-state index < -0.39 is 0 Å². The van der Waals surface area contributed by atoms with Gasteiger partial charge in [-0.25, -0.2) is 4.98 Å². The molecule has 1 heterocycles. The lowest BCUT2D eigenvalue weighted by Crippen LogP contribution is -1.93. The van der Waals surface area contributed by atoms with Gasteiger partial charge in [0, 0.05) is 11.8 Å². The minimum Gasteiger partial charge on any atom is -0.439 e. The van der Waals surface area contributed by atoms with E-state index in [9.17, 15) is 0 Å². The van der Waals surface area contributed by atoms with E-state index in [1.807, 2.05) is 38.1 Å². The average Bonchev–Trinajstić information content (AvgIpc) is 2.24. The molecule has 82 valence electrons. The van der Waals surface area contributed by atoms with Gasteiger partial charge in [0.05, 0.1) is 0 Å². The summed E-state index contributed by atoms with van der Waals surface area (Å²) in [6, 6.07) is 7.76. The highest BCUT2D eigenvalue weighted by atomic mass is 35.5. The van der Waals surface area contributed by atoms with Crippen molar-refractivity contribution >= 4 is 11.6 Å². The van der Waals surface area contributed by atoms with Gasteiger partial charge in [0.15, 0.2) is 0 Å². The predicted molar refractivity (Wildman–Crippen MR) is 63.0 cm³/mol. The molecule has 0 amide bonds. The Kier molecular flexibility index (Phi) is 3.06. The topological polar surface area (TPSA) is 35.0 Å². The first-order valence-electron chi connectivity index (χ1n) is 4.89. The molecule has 4 heteroatoms. The second kappa shape index (κ2) is 4.49. The quantitative estimate of drug-likeness (QED) is 0.746. The molecule has 0 fully saturated rings. The Labute approximate surface area is 99.1 Å². The van der Waals surface area contributed by atoms with E-state index in [0.717, 1.165) is 16.9 Å². The van der Waals surface area contributed by atoms with Crippen LogP contribution in [-0.2, 0) is 0 Å². The van der Waals surface area contributed by atoms with Crippen molar-refractivity contribution in [1.82, 2.24) is 9.97 Å². The Hall–Kier alpha value is -1.61. The molecule has 0 bridgehead atoms. The number of halogens is 1. The first kappa shape index (κ1) is 10.9. The number of hydrogen-bond donors (Lipinski definition) is 0. The Morgan fingerprint density at radius 3 is 2.81 bits per heavy atom. The summed E-state index contributed by atoms with van der Waals surface area (Å²) in [6.07, 6.45) is 1.64. The average molecular weight is 235 g/mol. The van der Waals surface area contributed by atoms with Crippen LogP contribution < -0.4 is 4.74 Å². The number of aromatic nitrogens is 2. The first-order valence-corrected chi connectivity index (χ1v) is 5.26. The van der Waals surface area contributed by atoms with E-state index >= 15 is 0 Å². The zero-order valence-corrected chi connectivity index (χ0v) is 9.82. The Morgan fingerprint density at radius 2 is 2.06 bits per heavy atom. The summed E-state index contributed by atoms with van der Waals surface area (Å²) in [7, 11) is 0. The van der Waals surface area contributed by atoms with Crippen LogP contribution in [0.4, 0.5) is 0 Å². The van der Waals surface area contributed by atoms with Gasteiger partial charge in [-0.1, -0.05) is 12.1 Å². The molecule has 1 aromatic heterocycles. The third-order valence-electron chi connectivity index (χ3n) is 2.10. The third-order valence-corrected chi connectivity index (χ3v) is 2.28. The van der Waals surface area contributed by atoms with Crippen molar-refractivity contribution in [3.63, 3.8) is 0 Å². The zero-order chi connectivity index (χ0) is 11.5. The lowest BCUT2D eigenvalue weighted by atomic mass is 10.2. The molecule has 1 aromatic carbocycles. The van der Waals surface area contributed by atoms with Gasteiger partial charge < -0.3 is 4.74 Å². The standard InChI is InChI=1S/C12H11ClN2O/c1-8-4-3-5-10(6-8)16-11-9(2)7-14-12(13)15-11/h3-7H,1-2H3. The molecular weight excluding hydrogens is 224 g/mol. The molecule has 0 saturated carbocycles. The van der Waals surface area contributed by atoms with Gasteiger partial charge in [0.1, 0.15) is 5.75 Å². The van der Waals surface area contributed by atoms with Gasteiger partial charge >= 0.3 is 0 Å². The Morgan fingerprint density at radius 1 is 1.25 bits per heavy atom. The van der Waals surface area contributed by atoms with E-state index in [1.54, 1.807) is 6.20 Å². The maximum atomic E-state index is 5.71. The fourth-order valence-corrected chi connectivity index (χ4v) is 1.43. The minimum absolute atomic E-state index is 0.188. The van der Waals surface area contributed by atoms with Crippen LogP contribution in [0.5, 0.6) is 11.6 Å². The highest BCUT2D eigenvalue weighted by Gasteiger charge is 2.05. The molecular formula is C12H11ClN2O. The zero-order valence-electron chi connectivity index (χ0n) is 9.07. The highest BCUT2D eigenvalue weighted by Crippen LogP contribution is 2.23. The van der Waals surface area contributed by atoms with Crippen molar-refractivity contribution in [1.29, 1.82) is 0 Å². The fourth-order valence-electron chi connectivity index (χ4n) is 1.30. The van der Waals surface area contributed by atoms with Crippen molar-refractivity contribution in [3.05, 3.63) is 46.9 Å². The number of hydrogen-bond acceptors (Lipinski definition) is 3. The maximum absolute atomic E-state index is 5.71. The summed E-state index contributed by atoms with van der Waals surface area (Å²) in [5.74, 6) is 1.24. The first-order chi connectivity index (χ1) is 7.65. The Bertz CT molecular complexity index is 514. The number of ether oxygens (including phenoxy) is 1. The Balaban J connectivity index is 2.30. The molecule has 16 heavy (non-hydrogen) atoms. The van der Waals surface area contributed by atoms with Crippen LogP contribution in [0, 0.1) is 13.8 Å². The molecule has 2 aromatic rings. The monoisotopic (exact) mass is 234 g/mol. The van der Waals surface area contributed by atoms with Crippen molar-refractivity contribution in [2.75, 3.05) is 0 Å². The summed E-state index contributed by atoms with van der Waals surface area (Å²) >= 11 is 5.71. The van der Waals surface area contributed by atoms with Crippen LogP contribution in [0.1, 0.15) is 11.1 Å². The second-order valence-corrected chi connectivity index (χ2v) is 3.88. The molecule has 0 aliphatic heterocycles. The molecule has 0 N–H and O–H groups in total. The van der Waals surface area contributed by atoms with Crippen LogP contribution in [0.3, 0.4) is 0 Å². The van der Waals surface area contributed by atoms with Gasteiger partial charge in [0.2, 0.25) is 11.2 Å². The summed E-state index contributed by atoms with van der Waals surface area (Å²) in [6.45, 7) is 3.88. The lowest BCUT2D eigenvalue weighted by Gasteiger charge is -2.07. The maximum Gasteiger partial charge on any atom is 0.226 e. The molecule has 0 spiro atoms. The molecule has 0 atom stereocenters. The van der Waals surface area contributed by atoms with Crippen molar-refractivity contribution in [3.8, 4) is 11.6 Å². The summed E-state index contributed by atoms with van der Waals surface area (Å²) in [5.41, 5.74) is 1.99. The van der Waals surface area contributed by atoms with Crippen molar-refractivity contribution in [2.45, 2.75) is 13.8 Å². The molecule has 0 aliphatic rings. The molecule has 3 nitrogen and oxygen atoms in total. The number of aryl methyl sites for hydroxylation is 2. The van der Waals surface area contributed by atoms with Crippen LogP contribution in [0.25, 0.3) is 0 Å². The van der Waals surface area contributed by atoms with Crippen LogP contribution in [-0.4, -0.2) is 9.97 Å². The van der Waals surface area contributed by atoms with Crippen molar-refractivity contribution < 1.29 is 4.74 Å². The number of rotatable bonds is 2. The summed E-state index contributed by atoms with van der Waals surface area (Å²) < 4.78 is 5.64. The van der Waals surface area contributed by atoms with Gasteiger partial charge in [-0.05, 0) is 43.1 Å². The van der Waals surface area contributed by atoms with Gasteiger partial charge in [0.25, 0.3) is 0 Å². The predicted octanol–water partition coefficient (Wildman–Crippen LogP) is 3.54. The van der Waals surface area contributed by atoms with E-state index in [2.05, 4.69) is 9.97 Å². The largest absolute Gasteiger partial charge is 0.439 e. The van der Waals surface area contributed by atoms with Crippen LogP contribution in [0.2, 0.25) is 5.28 Å². The second-order valence-electron chi connectivity index (χ2n) is 3.55. The van der Waals surface area contributed by atoms with E-state index in [-0.39, 0.29) is 5.28 Å². The molecule has 2 rings (SSSR count). The molecule has 0 aliphatic carbocycles. The van der Waals surface area contributed by atoms with Gasteiger partial charge in [-0.2, -0.15) is 4.98 Å². The van der Waals surface area contributed by atoms with E-state index in [1.165, 1.54) is 0 Å². The van der Waals surface area contributed by atoms with Crippen LogP contribution >= 0.6 is 11.6 Å². The summed E-state index contributed by atoms with van der Waals surface area (Å²) in [4.78, 5) is 7.90. The number of benzene rings is 1. The third kappa shape index (κ3) is 2.49. The number of nitrogens with zero attached hydrogens (tertiary/aromatic N) is 2. The minimum atomic E-state index is 0.188. The lowest BCUT2D eigenvalue weighted by molar-refractivity contribution is 0.457. The molecule has 0 unspecified atom stereocenters.